The summed E-state index contributed by atoms with van der Waals surface area (Å²) in [7, 11) is 0. The van der Waals surface area contributed by atoms with E-state index < -0.39 is 24.1 Å². The molecule has 0 spiro atoms. The van der Waals surface area contributed by atoms with Gasteiger partial charge >= 0.3 is 18.1 Å². The summed E-state index contributed by atoms with van der Waals surface area (Å²) in [5, 5.41) is 10.5. The SMILES string of the molecule is CC(C)(C)c1ccc(C(NC(=O)C(F)(F)F)C(=O)O)cc1. The van der Waals surface area contributed by atoms with Gasteiger partial charge in [-0.2, -0.15) is 13.2 Å². The second kappa shape index (κ2) is 5.75. The molecule has 0 radical (unpaired) electrons. The largest absolute Gasteiger partial charge is 0.479 e. The number of carbonyl (C=O) groups is 2. The number of alkyl halides is 3. The van der Waals surface area contributed by atoms with Crippen molar-refractivity contribution in [3.63, 3.8) is 0 Å². The second-order valence-electron chi connectivity index (χ2n) is 5.61. The molecular formula is C14H16F3NO3. The quantitative estimate of drug-likeness (QED) is 0.902. The van der Waals surface area contributed by atoms with E-state index in [1.807, 2.05) is 20.8 Å². The lowest BCUT2D eigenvalue weighted by Crippen LogP contribution is -2.41. The summed E-state index contributed by atoms with van der Waals surface area (Å²) < 4.78 is 36.6. The van der Waals surface area contributed by atoms with Crippen LogP contribution in [0.1, 0.15) is 37.9 Å². The predicted molar refractivity (Wildman–Crippen MR) is 69.7 cm³/mol. The van der Waals surface area contributed by atoms with E-state index in [0.29, 0.717) is 0 Å². The van der Waals surface area contributed by atoms with Crippen LogP contribution in [0.3, 0.4) is 0 Å². The number of rotatable bonds is 3. The van der Waals surface area contributed by atoms with Crippen molar-refractivity contribution in [3.8, 4) is 0 Å². The maximum absolute atomic E-state index is 12.2. The van der Waals surface area contributed by atoms with Gasteiger partial charge in [0.25, 0.3) is 0 Å². The molecule has 116 valence electrons. The second-order valence-corrected chi connectivity index (χ2v) is 5.61. The molecule has 0 saturated carbocycles. The molecule has 21 heavy (non-hydrogen) atoms. The molecule has 0 saturated heterocycles. The molecule has 4 nitrogen and oxygen atoms in total. The van der Waals surface area contributed by atoms with Crippen molar-refractivity contribution in [1.29, 1.82) is 0 Å². The summed E-state index contributed by atoms with van der Waals surface area (Å²) >= 11 is 0. The summed E-state index contributed by atoms with van der Waals surface area (Å²) in [6, 6.07) is 4.32. The van der Waals surface area contributed by atoms with Gasteiger partial charge in [-0.1, -0.05) is 45.0 Å². The number of carboxylic acid groups (broad SMARTS) is 1. The van der Waals surface area contributed by atoms with Gasteiger partial charge in [0, 0.05) is 0 Å². The van der Waals surface area contributed by atoms with Gasteiger partial charge in [0.05, 0.1) is 0 Å². The Bertz CT molecular complexity index is 530. The topological polar surface area (TPSA) is 66.4 Å². The Balaban J connectivity index is 3.02. The van der Waals surface area contributed by atoms with Gasteiger partial charge in [0.1, 0.15) is 0 Å². The van der Waals surface area contributed by atoms with E-state index >= 15 is 0 Å². The van der Waals surface area contributed by atoms with E-state index in [0.717, 1.165) is 5.56 Å². The molecule has 0 aliphatic heterocycles. The smallest absolute Gasteiger partial charge is 0.471 e. The van der Waals surface area contributed by atoms with Crippen molar-refractivity contribution >= 4 is 11.9 Å². The summed E-state index contributed by atoms with van der Waals surface area (Å²) in [4.78, 5) is 21.9. The van der Waals surface area contributed by atoms with Gasteiger partial charge in [-0.15, -0.1) is 0 Å². The van der Waals surface area contributed by atoms with Crippen LogP contribution in [0.5, 0.6) is 0 Å². The van der Waals surface area contributed by atoms with Crippen molar-refractivity contribution in [2.75, 3.05) is 0 Å². The highest BCUT2D eigenvalue weighted by Gasteiger charge is 2.41. The Hall–Kier alpha value is -2.05. The maximum Gasteiger partial charge on any atom is 0.471 e. The van der Waals surface area contributed by atoms with Crippen molar-refractivity contribution in [2.45, 2.75) is 38.4 Å². The predicted octanol–water partition coefficient (Wildman–Crippen LogP) is 2.79. The molecule has 1 rings (SSSR count). The zero-order valence-electron chi connectivity index (χ0n) is 11.8. The normalized spacial score (nSPS) is 13.6. The van der Waals surface area contributed by atoms with E-state index in [9.17, 15) is 22.8 Å². The van der Waals surface area contributed by atoms with Crippen LogP contribution in [0.2, 0.25) is 0 Å². The molecular weight excluding hydrogens is 287 g/mol. The average molecular weight is 303 g/mol. The number of carbonyl (C=O) groups excluding carboxylic acids is 1. The number of aliphatic carboxylic acids is 1. The first kappa shape index (κ1) is 17.0. The monoisotopic (exact) mass is 303 g/mol. The lowest BCUT2D eigenvalue weighted by Gasteiger charge is -2.21. The van der Waals surface area contributed by atoms with Crippen LogP contribution in [0.15, 0.2) is 24.3 Å². The Morgan fingerprint density at radius 2 is 1.57 bits per heavy atom. The first-order valence-electron chi connectivity index (χ1n) is 6.14. The fourth-order valence-electron chi connectivity index (χ4n) is 1.68. The van der Waals surface area contributed by atoms with Gasteiger partial charge < -0.3 is 10.4 Å². The molecule has 0 bridgehead atoms. The first-order valence-corrected chi connectivity index (χ1v) is 6.14. The summed E-state index contributed by atoms with van der Waals surface area (Å²) in [5.41, 5.74) is 0.803. The Kier molecular flexibility index (Phi) is 4.65. The van der Waals surface area contributed by atoms with Gasteiger partial charge in [-0.05, 0) is 16.5 Å². The van der Waals surface area contributed by atoms with Crippen molar-refractivity contribution in [3.05, 3.63) is 35.4 Å². The third-order valence-corrected chi connectivity index (χ3v) is 2.89. The lowest BCUT2D eigenvalue weighted by molar-refractivity contribution is -0.175. The fourth-order valence-corrected chi connectivity index (χ4v) is 1.68. The van der Waals surface area contributed by atoms with Crippen molar-refractivity contribution in [2.24, 2.45) is 0 Å². The molecule has 7 heteroatoms. The van der Waals surface area contributed by atoms with Crippen molar-refractivity contribution < 1.29 is 27.9 Å². The Morgan fingerprint density at radius 1 is 1.10 bits per heavy atom. The van der Waals surface area contributed by atoms with Crippen LogP contribution in [0, 0.1) is 0 Å². The van der Waals surface area contributed by atoms with Crippen LogP contribution in [-0.2, 0) is 15.0 Å². The number of hydrogen-bond acceptors (Lipinski definition) is 2. The Morgan fingerprint density at radius 3 is 1.90 bits per heavy atom. The van der Waals surface area contributed by atoms with Gasteiger partial charge in [-0.25, -0.2) is 4.79 Å². The highest BCUT2D eigenvalue weighted by atomic mass is 19.4. The Labute approximate surface area is 120 Å². The van der Waals surface area contributed by atoms with Gasteiger partial charge in [-0.3, -0.25) is 4.79 Å². The number of halogens is 3. The molecule has 0 aliphatic rings. The van der Waals surface area contributed by atoms with Crippen LogP contribution in [0.4, 0.5) is 13.2 Å². The van der Waals surface area contributed by atoms with Gasteiger partial charge in [0.2, 0.25) is 0 Å². The number of hydrogen-bond donors (Lipinski definition) is 2. The van der Waals surface area contributed by atoms with E-state index in [4.69, 9.17) is 5.11 Å². The lowest BCUT2D eigenvalue weighted by atomic mass is 9.86. The molecule has 2 N–H and O–H groups in total. The van der Waals surface area contributed by atoms with Crippen LogP contribution in [0.25, 0.3) is 0 Å². The molecule has 0 heterocycles. The fraction of sp³-hybridized carbons (Fsp3) is 0.429. The zero-order valence-corrected chi connectivity index (χ0v) is 11.8. The molecule has 1 unspecified atom stereocenters. The minimum Gasteiger partial charge on any atom is -0.479 e. The number of benzene rings is 1. The van der Waals surface area contributed by atoms with E-state index in [2.05, 4.69) is 0 Å². The van der Waals surface area contributed by atoms with Gasteiger partial charge in [0.15, 0.2) is 6.04 Å². The van der Waals surface area contributed by atoms with E-state index in [-0.39, 0.29) is 11.0 Å². The van der Waals surface area contributed by atoms with Crippen LogP contribution in [-0.4, -0.2) is 23.2 Å². The maximum atomic E-state index is 12.2. The summed E-state index contributed by atoms with van der Waals surface area (Å²) in [6.45, 7) is 5.84. The van der Waals surface area contributed by atoms with E-state index in [1.54, 1.807) is 12.1 Å². The molecule has 0 aliphatic carbocycles. The third-order valence-electron chi connectivity index (χ3n) is 2.89. The number of carboxylic acids is 1. The minimum atomic E-state index is -5.13. The molecule has 1 aromatic rings. The highest BCUT2D eigenvalue weighted by molar-refractivity contribution is 5.87. The number of nitrogens with one attached hydrogen (secondary N) is 1. The molecule has 0 aromatic heterocycles. The number of amides is 1. The third kappa shape index (κ3) is 4.47. The summed E-state index contributed by atoms with van der Waals surface area (Å²) in [5.74, 6) is -3.84. The standard InChI is InChI=1S/C14H16F3NO3/c1-13(2,3)9-6-4-8(5-7-9)10(11(19)20)18-12(21)14(15,16)17/h4-7,10H,1-3H3,(H,18,21)(H,19,20). The average Bonchev–Trinajstić information content (AvgIpc) is 2.33. The highest BCUT2D eigenvalue weighted by Crippen LogP contribution is 2.25. The van der Waals surface area contributed by atoms with Crippen LogP contribution < -0.4 is 5.32 Å². The van der Waals surface area contributed by atoms with Crippen LogP contribution >= 0.6 is 0 Å². The minimum absolute atomic E-state index is 0.0769. The van der Waals surface area contributed by atoms with E-state index in [1.165, 1.54) is 17.4 Å². The molecule has 0 fully saturated rings. The molecule has 1 aromatic carbocycles. The molecule has 1 atom stereocenters. The summed E-state index contributed by atoms with van der Waals surface area (Å²) in [6.07, 6.45) is -5.13. The zero-order chi connectivity index (χ0) is 16.4. The van der Waals surface area contributed by atoms with Crippen molar-refractivity contribution in [1.82, 2.24) is 5.32 Å². The first-order chi connectivity index (χ1) is 9.43. The molecule has 1 amide bonds.